The van der Waals surface area contributed by atoms with E-state index < -0.39 is 0 Å². The van der Waals surface area contributed by atoms with Crippen molar-refractivity contribution in [2.45, 2.75) is 52.5 Å². The van der Waals surface area contributed by atoms with Gasteiger partial charge in [-0.2, -0.15) is 5.10 Å². The molecule has 2 nitrogen and oxygen atoms in total. The first-order chi connectivity index (χ1) is 6.04. The number of hydrogen-bond acceptors (Lipinski definition) is 1. The van der Waals surface area contributed by atoms with Gasteiger partial charge in [0, 0.05) is 5.69 Å². The second kappa shape index (κ2) is 2.60. The van der Waals surface area contributed by atoms with Crippen molar-refractivity contribution in [2.24, 2.45) is 0 Å². The Morgan fingerprint density at radius 2 is 1.85 bits per heavy atom. The van der Waals surface area contributed by atoms with Crippen LogP contribution in [0, 0.1) is 20.8 Å². The molecule has 1 aliphatic rings. The summed E-state index contributed by atoms with van der Waals surface area (Å²) in [5.74, 6) is 0. The van der Waals surface area contributed by atoms with Crippen LogP contribution in [0.2, 0.25) is 0 Å². The predicted molar refractivity (Wildman–Crippen MR) is 53.9 cm³/mol. The van der Waals surface area contributed by atoms with E-state index in [1.54, 1.807) is 0 Å². The lowest BCUT2D eigenvalue weighted by molar-refractivity contribution is 0.145. The normalized spacial score (nSPS) is 20.0. The van der Waals surface area contributed by atoms with Gasteiger partial charge >= 0.3 is 0 Å². The standard InChI is InChI=1S/C11H18N2/c1-8-9(2)12-13(10(8)3)11(4)6-5-7-11/h5-7H2,1-4H3. The van der Waals surface area contributed by atoms with Crippen molar-refractivity contribution < 1.29 is 0 Å². The summed E-state index contributed by atoms with van der Waals surface area (Å²) in [4.78, 5) is 0. The van der Waals surface area contributed by atoms with Gasteiger partial charge in [-0.1, -0.05) is 0 Å². The molecule has 0 aromatic carbocycles. The number of aryl methyl sites for hydroxylation is 1. The van der Waals surface area contributed by atoms with E-state index in [-0.39, 0.29) is 0 Å². The van der Waals surface area contributed by atoms with Crippen LogP contribution in [-0.2, 0) is 5.54 Å². The maximum atomic E-state index is 4.62. The first-order valence-electron chi connectivity index (χ1n) is 5.08. The van der Waals surface area contributed by atoms with Crippen LogP contribution >= 0.6 is 0 Å². The van der Waals surface area contributed by atoms with Gasteiger partial charge in [0.05, 0.1) is 11.2 Å². The molecule has 0 bridgehead atoms. The van der Waals surface area contributed by atoms with Crippen molar-refractivity contribution in [2.75, 3.05) is 0 Å². The zero-order chi connectivity index (χ0) is 9.64. The van der Waals surface area contributed by atoms with Gasteiger partial charge in [0.1, 0.15) is 0 Å². The van der Waals surface area contributed by atoms with E-state index in [0.29, 0.717) is 5.54 Å². The summed E-state index contributed by atoms with van der Waals surface area (Å²) in [6, 6.07) is 0. The van der Waals surface area contributed by atoms with Crippen LogP contribution < -0.4 is 0 Å². The maximum Gasteiger partial charge on any atom is 0.0625 e. The molecule has 1 saturated carbocycles. The van der Waals surface area contributed by atoms with Crippen molar-refractivity contribution in [1.29, 1.82) is 0 Å². The van der Waals surface area contributed by atoms with Crippen LogP contribution in [0.25, 0.3) is 0 Å². The molecule has 13 heavy (non-hydrogen) atoms. The third kappa shape index (κ3) is 1.11. The number of aromatic nitrogens is 2. The zero-order valence-electron chi connectivity index (χ0n) is 9.02. The van der Waals surface area contributed by atoms with Crippen molar-refractivity contribution in [3.63, 3.8) is 0 Å². The van der Waals surface area contributed by atoms with Crippen molar-refractivity contribution >= 4 is 0 Å². The van der Waals surface area contributed by atoms with Gasteiger partial charge in [-0.25, -0.2) is 0 Å². The van der Waals surface area contributed by atoms with Gasteiger partial charge < -0.3 is 0 Å². The lowest BCUT2D eigenvalue weighted by Gasteiger charge is -2.39. The summed E-state index contributed by atoms with van der Waals surface area (Å²) in [5, 5.41) is 4.62. The molecule has 1 aliphatic carbocycles. The first kappa shape index (κ1) is 8.79. The van der Waals surface area contributed by atoms with Crippen LogP contribution in [0.15, 0.2) is 0 Å². The van der Waals surface area contributed by atoms with Gasteiger partial charge in [-0.3, -0.25) is 4.68 Å². The van der Waals surface area contributed by atoms with Crippen LogP contribution in [-0.4, -0.2) is 9.78 Å². The largest absolute Gasteiger partial charge is 0.264 e. The highest BCUT2D eigenvalue weighted by molar-refractivity contribution is 5.23. The second-order valence-corrected chi connectivity index (χ2v) is 4.56. The second-order valence-electron chi connectivity index (χ2n) is 4.56. The quantitative estimate of drug-likeness (QED) is 0.646. The Labute approximate surface area is 80.0 Å². The highest BCUT2D eigenvalue weighted by Gasteiger charge is 2.35. The van der Waals surface area contributed by atoms with E-state index in [0.717, 1.165) is 0 Å². The van der Waals surface area contributed by atoms with E-state index >= 15 is 0 Å². The number of nitrogens with zero attached hydrogens (tertiary/aromatic N) is 2. The Morgan fingerprint density at radius 3 is 2.15 bits per heavy atom. The molecule has 1 aromatic heterocycles. The van der Waals surface area contributed by atoms with E-state index in [1.165, 1.54) is 36.2 Å². The van der Waals surface area contributed by atoms with Crippen LogP contribution in [0.5, 0.6) is 0 Å². The third-order valence-electron chi connectivity index (χ3n) is 3.60. The molecule has 2 rings (SSSR count). The lowest BCUT2D eigenvalue weighted by atomic mass is 9.78. The topological polar surface area (TPSA) is 17.8 Å². The molecule has 0 radical (unpaired) electrons. The molecule has 1 fully saturated rings. The zero-order valence-corrected chi connectivity index (χ0v) is 9.02. The highest BCUT2D eigenvalue weighted by Crippen LogP contribution is 2.39. The summed E-state index contributed by atoms with van der Waals surface area (Å²) < 4.78 is 2.24. The Kier molecular flexibility index (Phi) is 1.76. The predicted octanol–water partition coefficient (Wildman–Crippen LogP) is 2.71. The molecule has 1 aromatic rings. The van der Waals surface area contributed by atoms with E-state index in [4.69, 9.17) is 0 Å². The van der Waals surface area contributed by atoms with E-state index in [9.17, 15) is 0 Å². The van der Waals surface area contributed by atoms with E-state index in [2.05, 4.69) is 37.5 Å². The van der Waals surface area contributed by atoms with Gasteiger partial charge in [0.2, 0.25) is 0 Å². The highest BCUT2D eigenvalue weighted by atomic mass is 15.3. The van der Waals surface area contributed by atoms with Crippen LogP contribution in [0.4, 0.5) is 0 Å². The molecule has 0 saturated heterocycles. The third-order valence-corrected chi connectivity index (χ3v) is 3.60. The average Bonchev–Trinajstić information content (AvgIpc) is 2.29. The molecule has 72 valence electrons. The van der Waals surface area contributed by atoms with Gasteiger partial charge in [-0.05, 0) is 52.5 Å². The fourth-order valence-electron chi connectivity index (χ4n) is 2.15. The number of rotatable bonds is 1. The monoisotopic (exact) mass is 178 g/mol. The molecule has 2 heteroatoms. The van der Waals surface area contributed by atoms with Crippen molar-refractivity contribution in [3.05, 3.63) is 17.0 Å². The molecular formula is C11H18N2. The smallest absolute Gasteiger partial charge is 0.0625 e. The van der Waals surface area contributed by atoms with E-state index in [1.807, 2.05) is 0 Å². The number of hydrogen-bond donors (Lipinski definition) is 0. The molecule has 0 amide bonds. The van der Waals surface area contributed by atoms with Crippen molar-refractivity contribution in [3.8, 4) is 0 Å². The molecule has 0 unspecified atom stereocenters. The minimum atomic E-state index is 0.323. The Bertz CT molecular complexity index is 332. The van der Waals surface area contributed by atoms with Gasteiger partial charge in [-0.15, -0.1) is 0 Å². The Balaban J connectivity index is 2.46. The van der Waals surface area contributed by atoms with Crippen LogP contribution in [0.3, 0.4) is 0 Å². The summed E-state index contributed by atoms with van der Waals surface area (Å²) in [7, 11) is 0. The minimum Gasteiger partial charge on any atom is -0.264 e. The Morgan fingerprint density at radius 1 is 1.23 bits per heavy atom. The summed E-state index contributed by atoms with van der Waals surface area (Å²) in [5.41, 5.74) is 4.21. The fraction of sp³-hybridized carbons (Fsp3) is 0.727. The average molecular weight is 178 g/mol. The molecule has 1 heterocycles. The minimum absolute atomic E-state index is 0.323. The molecule has 0 atom stereocenters. The summed E-state index contributed by atoms with van der Waals surface area (Å²) in [6.07, 6.45) is 3.93. The van der Waals surface area contributed by atoms with Gasteiger partial charge in [0.15, 0.2) is 0 Å². The first-order valence-corrected chi connectivity index (χ1v) is 5.08. The Hall–Kier alpha value is -0.790. The summed E-state index contributed by atoms with van der Waals surface area (Å²) in [6.45, 7) is 8.76. The lowest BCUT2D eigenvalue weighted by Crippen LogP contribution is -2.38. The molecule has 0 spiro atoms. The maximum absolute atomic E-state index is 4.62. The molecule has 0 N–H and O–H groups in total. The van der Waals surface area contributed by atoms with Crippen LogP contribution in [0.1, 0.15) is 43.1 Å². The molecule has 0 aliphatic heterocycles. The molecular weight excluding hydrogens is 160 g/mol. The summed E-state index contributed by atoms with van der Waals surface area (Å²) >= 11 is 0. The fourth-order valence-corrected chi connectivity index (χ4v) is 2.15. The van der Waals surface area contributed by atoms with Gasteiger partial charge in [0.25, 0.3) is 0 Å². The van der Waals surface area contributed by atoms with Crippen molar-refractivity contribution in [1.82, 2.24) is 9.78 Å². The SMILES string of the molecule is Cc1nn(C2(C)CCC2)c(C)c1C.